The Labute approximate surface area is 53.2 Å². The van der Waals surface area contributed by atoms with E-state index in [2.05, 4.69) is 5.10 Å². The van der Waals surface area contributed by atoms with Crippen molar-refractivity contribution in [3.8, 4) is 0 Å². The van der Waals surface area contributed by atoms with Gasteiger partial charge in [-0.05, 0) is 0 Å². The molecule has 1 aromatic rings. The zero-order valence-electron chi connectivity index (χ0n) is 5.24. The van der Waals surface area contributed by atoms with Gasteiger partial charge in [0.25, 0.3) is 0 Å². The molecule has 0 saturated carbocycles. The van der Waals surface area contributed by atoms with E-state index in [9.17, 15) is 0 Å². The van der Waals surface area contributed by atoms with Crippen molar-refractivity contribution in [1.29, 1.82) is 0 Å². The maximum atomic E-state index is 5.37. The van der Waals surface area contributed by atoms with E-state index < -0.39 is 0 Å². The minimum Gasteiger partial charge on any atom is -0.396 e. The Morgan fingerprint density at radius 2 is 2.67 bits per heavy atom. The van der Waals surface area contributed by atoms with E-state index in [1.165, 1.54) is 0 Å². The van der Waals surface area contributed by atoms with Gasteiger partial charge in [-0.3, -0.25) is 0 Å². The van der Waals surface area contributed by atoms with Crippen molar-refractivity contribution in [1.82, 2.24) is 9.78 Å². The third-order valence-electron chi connectivity index (χ3n) is 0.915. The summed E-state index contributed by atoms with van der Waals surface area (Å²) in [6.45, 7) is 0.456. The summed E-state index contributed by atoms with van der Waals surface area (Å²) in [5.41, 5.74) is 6.03. The Bertz CT molecular complexity index is 184. The maximum Gasteiger partial charge on any atom is 0.138 e. The third-order valence-corrected chi connectivity index (χ3v) is 0.915. The second kappa shape index (κ2) is 2.50. The van der Waals surface area contributed by atoms with Crippen LogP contribution in [0.4, 0.5) is 5.69 Å². The summed E-state index contributed by atoms with van der Waals surface area (Å²) < 4.78 is 6.41. The van der Waals surface area contributed by atoms with Crippen LogP contribution in [-0.2, 0) is 11.5 Å². The quantitative estimate of drug-likeness (QED) is 0.611. The second-order valence-electron chi connectivity index (χ2n) is 1.73. The standard InChI is InChI=1S/C5H9N3O/c1-9-4-8-3-5(6)2-7-8/h2-3H,4,6H2,1H3. The van der Waals surface area contributed by atoms with Crippen molar-refractivity contribution < 1.29 is 4.74 Å². The van der Waals surface area contributed by atoms with Gasteiger partial charge < -0.3 is 10.5 Å². The van der Waals surface area contributed by atoms with Crippen LogP contribution in [0.5, 0.6) is 0 Å². The lowest BCUT2D eigenvalue weighted by Gasteiger charge is -1.94. The van der Waals surface area contributed by atoms with Crippen molar-refractivity contribution in [2.24, 2.45) is 0 Å². The summed E-state index contributed by atoms with van der Waals surface area (Å²) in [4.78, 5) is 0. The average Bonchev–Trinajstić information content (AvgIpc) is 2.17. The predicted octanol–water partition coefficient (Wildman–Crippen LogP) is 0.0692. The average molecular weight is 127 g/mol. The van der Waals surface area contributed by atoms with E-state index in [1.807, 2.05) is 0 Å². The van der Waals surface area contributed by atoms with Gasteiger partial charge in [0.15, 0.2) is 0 Å². The zero-order valence-corrected chi connectivity index (χ0v) is 5.24. The summed E-state index contributed by atoms with van der Waals surface area (Å²) >= 11 is 0. The molecule has 0 radical (unpaired) electrons. The highest BCUT2D eigenvalue weighted by molar-refractivity contribution is 5.30. The number of nitrogen functional groups attached to an aromatic ring is 1. The number of nitrogens with zero attached hydrogens (tertiary/aromatic N) is 2. The largest absolute Gasteiger partial charge is 0.396 e. The van der Waals surface area contributed by atoms with Crippen LogP contribution in [0.25, 0.3) is 0 Å². The maximum absolute atomic E-state index is 5.37. The van der Waals surface area contributed by atoms with Gasteiger partial charge in [0.2, 0.25) is 0 Å². The molecule has 9 heavy (non-hydrogen) atoms. The number of hydrogen-bond donors (Lipinski definition) is 1. The molecule has 0 amide bonds. The molecular formula is C5H9N3O. The van der Waals surface area contributed by atoms with Gasteiger partial charge in [-0.15, -0.1) is 0 Å². The highest BCUT2D eigenvalue weighted by atomic mass is 16.5. The number of anilines is 1. The minimum atomic E-state index is 0.456. The van der Waals surface area contributed by atoms with Crippen LogP contribution < -0.4 is 5.73 Å². The molecule has 0 aliphatic carbocycles. The van der Waals surface area contributed by atoms with Crippen LogP contribution in [0.15, 0.2) is 12.4 Å². The predicted molar refractivity (Wildman–Crippen MR) is 33.6 cm³/mol. The van der Waals surface area contributed by atoms with E-state index in [-0.39, 0.29) is 0 Å². The molecule has 0 aliphatic heterocycles. The van der Waals surface area contributed by atoms with Crippen molar-refractivity contribution in [2.45, 2.75) is 6.73 Å². The van der Waals surface area contributed by atoms with Crippen LogP contribution in [0, 0.1) is 0 Å². The molecule has 0 unspecified atom stereocenters. The van der Waals surface area contributed by atoms with Crippen LogP contribution in [0.3, 0.4) is 0 Å². The van der Waals surface area contributed by atoms with Gasteiger partial charge in [0.1, 0.15) is 6.73 Å². The molecule has 1 aromatic heterocycles. The first-order valence-corrected chi connectivity index (χ1v) is 2.60. The summed E-state index contributed by atoms with van der Waals surface area (Å²) in [5, 5.41) is 3.87. The molecule has 1 heterocycles. The number of nitrogens with two attached hydrogens (primary N) is 1. The fourth-order valence-electron chi connectivity index (χ4n) is 0.582. The smallest absolute Gasteiger partial charge is 0.138 e. The summed E-state index contributed by atoms with van der Waals surface area (Å²) in [5.74, 6) is 0. The lowest BCUT2D eigenvalue weighted by Crippen LogP contribution is -1.98. The highest BCUT2D eigenvalue weighted by Crippen LogP contribution is 1.96. The Morgan fingerprint density at radius 3 is 3.11 bits per heavy atom. The lowest BCUT2D eigenvalue weighted by molar-refractivity contribution is 0.120. The minimum absolute atomic E-state index is 0.456. The molecule has 0 bridgehead atoms. The molecule has 0 saturated heterocycles. The first kappa shape index (κ1) is 6.10. The Hall–Kier alpha value is -1.03. The molecule has 50 valence electrons. The number of ether oxygens (including phenoxy) is 1. The summed E-state index contributed by atoms with van der Waals surface area (Å²) in [6, 6.07) is 0. The fraction of sp³-hybridized carbons (Fsp3) is 0.400. The Balaban J connectivity index is 2.61. The van der Waals surface area contributed by atoms with E-state index >= 15 is 0 Å². The number of methoxy groups -OCH3 is 1. The van der Waals surface area contributed by atoms with E-state index in [1.54, 1.807) is 24.2 Å². The number of rotatable bonds is 2. The topological polar surface area (TPSA) is 53.1 Å². The van der Waals surface area contributed by atoms with Crippen LogP contribution in [0.2, 0.25) is 0 Å². The summed E-state index contributed by atoms with van der Waals surface area (Å²) in [6.07, 6.45) is 3.29. The third kappa shape index (κ3) is 1.43. The second-order valence-corrected chi connectivity index (χ2v) is 1.73. The van der Waals surface area contributed by atoms with Gasteiger partial charge in [-0.1, -0.05) is 0 Å². The Morgan fingerprint density at radius 1 is 1.89 bits per heavy atom. The van der Waals surface area contributed by atoms with Crippen molar-refractivity contribution in [3.63, 3.8) is 0 Å². The molecule has 0 fully saturated rings. The summed E-state index contributed by atoms with van der Waals surface area (Å²) in [7, 11) is 1.61. The van der Waals surface area contributed by atoms with Gasteiger partial charge in [-0.25, -0.2) is 4.68 Å². The van der Waals surface area contributed by atoms with Gasteiger partial charge in [0.05, 0.1) is 18.1 Å². The van der Waals surface area contributed by atoms with Gasteiger partial charge in [0, 0.05) is 7.11 Å². The van der Waals surface area contributed by atoms with E-state index in [0.717, 1.165) is 0 Å². The highest BCUT2D eigenvalue weighted by Gasteiger charge is 1.89. The van der Waals surface area contributed by atoms with Crippen molar-refractivity contribution in [3.05, 3.63) is 12.4 Å². The van der Waals surface area contributed by atoms with Gasteiger partial charge in [-0.2, -0.15) is 5.10 Å². The molecule has 4 nitrogen and oxygen atoms in total. The molecule has 0 spiro atoms. The Kier molecular flexibility index (Phi) is 1.69. The fourth-order valence-corrected chi connectivity index (χ4v) is 0.582. The molecule has 0 aliphatic rings. The molecular weight excluding hydrogens is 118 g/mol. The molecule has 4 heteroatoms. The number of hydrogen-bond acceptors (Lipinski definition) is 3. The van der Waals surface area contributed by atoms with Crippen LogP contribution in [0.1, 0.15) is 0 Å². The molecule has 0 atom stereocenters. The van der Waals surface area contributed by atoms with Crippen LogP contribution in [-0.4, -0.2) is 16.9 Å². The molecule has 2 N–H and O–H groups in total. The first-order chi connectivity index (χ1) is 4.33. The van der Waals surface area contributed by atoms with Gasteiger partial charge >= 0.3 is 0 Å². The van der Waals surface area contributed by atoms with E-state index in [0.29, 0.717) is 12.4 Å². The normalized spacial score (nSPS) is 9.89. The van der Waals surface area contributed by atoms with Crippen molar-refractivity contribution >= 4 is 5.69 Å². The number of aromatic nitrogens is 2. The van der Waals surface area contributed by atoms with Crippen LogP contribution >= 0.6 is 0 Å². The SMILES string of the molecule is COCn1cc(N)cn1. The molecule has 1 rings (SSSR count). The molecule has 0 aromatic carbocycles. The first-order valence-electron chi connectivity index (χ1n) is 2.60. The monoisotopic (exact) mass is 127 g/mol. The zero-order chi connectivity index (χ0) is 6.69. The van der Waals surface area contributed by atoms with E-state index in [4.69, 9.17) is 10.5 Å². The lowest BCUT2D eigenvalue weighted by atomic mass is 10.6. The van der Waals surface area contributed by atoms with Crippen molar-refractivity contribution in [2.75, 3.05) is 12.8 Å².